The van der Waals surface area contributed by atoms with E-state index >= 15 is 0 Å². The number of aliphatic carboxylic acids is 2. The molecule has 18 heavy (non-hydrogen) atoms. The summed E-state index contributed by atoms with van der Waals surface area (Å²) in [5.41, 5.74) is 0. The predicted molar refractivity (Wildman–Crippen MR) is 64.3 cm³/mol. The van der Waals surface area contributed by atoms with E-state index in [4.69, 9.17) is 10.2 Å². The molecule has 0 amide bonds. The van der Waals surface area contributed by atoms with Crippen LogP contribution in [0.4, 0.5) is 0 Å². The maximum atomic E-state index is 10.7. The average molecular weight is 260 g/mol. The molecule has 0 fully saturated rings. The molecule has 0 rings (SSSR count). The number of carboxylic acid groups (broad SMARTS) is 2. The van der Waals surface area contributed by atoms with Gasteiger partial charge in [-0.05, 0) is 13.3 Å². The van der Waals surface area contributed by atoms with Crippen LogP contribution in [0, 0.1) is 0 Å². The van der Waals surface area contributed by atoms with Crippen molar-refractivity contribution in [1.29, 1.82) is 0 Å². The SMILES string of the molecule is CC(=O)CC(=O)O.CCCCCC(=O)CC(=O)O. The number of hydrogen-bond donors (Lipinski definition) is 2. The zero-order chi connectivity index (χ0) is 14.6. The summed E-state index contributed by atoms with van der Waals surface area (Å²) in [6.45, 7) is 3.29. The van der Waals surface area contributed by atoms with Crippen LogP contribution in [0.3, 0.4) is 0 Å². The van der Waals surface area contributed by atoms with Crippen molar-refractivity contribution in [2.45, 2.75) is 52.4 Å². The lowest BCUT2D eigenvalue weighted by Crippen LogP contribution is -2.05. The fourth-order valence-electron chi connectivity index (χ4n) is 1.04. The maximum Gasteiger partial charge on any atom is 0.310 e. The first-order valence-corrected chi connectivity index (χ1v) is 5.74. The highest BCUT2D eigenvalue weighted by Gasteiger charge is 2.05. The van der Waals surface area contributed by atoms with E-state index in [1.165, 1.54) is 6.92 Å². The number of hydrogen-bond acceptors (Lipinski definition) is 4. The fraction of sp³-hybridized carbons (Fsp3) is 0.667. The summed E-state index contributed by atoms with van der Waals surface area (Å²) >= 11 is 0. The molecule has 0 aliphatic heterocycles. The second kappa shape index (κ2) is 11.8. The maximum absolute atomic E-state index is 10.7. The molecule has 0 aromatic rings. The first-order chi connectivity index (χ1) is 8.29. The first-order valence-electron chi connectivity index (χ1n) is 5.74. The zero-order valence-electron chi connectivity index (χ0n) is 10.8. The van der Waals surface area contributed by atoms with Crippen molar-refractivity contribution in [3.63, 3.8) is 0 Å². The smallest absolute Gasteiger partial charge is 0.310 e. The summed E-state index contributed by atoms with van der Waals surface area (Å²) in [6, 6.07) is 0. The first kappa shape index (κ1) is 18.6. The Balaban J connectivity index is 0. The highest BCUT2D eigenvalue weighted by Crippen LogP contribution is 2.01. The van der Waals surface area contributed by atoms with Crippen molar-refractivity contribution in [2.75, 3.05) is 0 Å². The molecule has 0 unspecified atom stereocenters. The molecular formula is C12H20O6. The topological polar surface area (TPSA) is 109 Å². The molecule has 0 atom stereocenters. The summed E-state index contributed by atoms with van der Waals surface area (Å²) in [4.78, 5) is 40.2. The molecule has 0 heterocycles. The van der Waals surface area contributed by atoms with Gasteiger partial charge in [-0.3, -0.25) is 19.2 Å². The Bertz CT molecular complexity index is 283. The monoisotopic (exact) mass is 260 g/mol. The van der Waals surface area contributed by atoms with Crippen LogP contribution in [-0.2, 0) is 19.2 Å². The van der Waals surface area contributed by atoms with Gasteiger partial charge in [0.25, 0.3) is 0 Å². The van der Waals surface area contributed by atoms with Crippen molar-refractivity contribution >= 4 is 23.5 Å². The van der Waals surface area contributed by atoms with E-state index in [-0.39, 0.29) is 24.4 Å². The lowest BCUT2D eigenvalue weighted by Gasteiger charge is -1.95. The van der Waals surface area contributed by atoms with Crippen molar-refractivity contribution in [1.82, 2.24) is 0 Å². The van der Waals surface area contributed by atoms with Crippen LogP contribution in [0.25, 0.3) is 0 Å². The normalized spacial score (nSPS) is 9.00. The van der Waals surface area contributed by atoms with Crippen LogP contribution in [0.5, 0.6) is 0 Å². The van der Waals surface area contributed by atoms with Crippen molar-refractivity contribution in [3.05, 3.63) is 0 Å². The molecule has 6 heteroatoms. The highest BCUT2D eigenvalue weighted by molar-refractivity contribution is 5.94. The van der Waals surface area contributed by atoms with Gasteiger partial charge in [0.05, 0.1) is 0 Å². The van der Waals surface area contributed by atoms with Gasteiger partial charge in [0, 0.05) is 6.42 Å². The van der Waals surface area contributed by atoms with E-state index in [1.54, 1.807) is 0 Å². The minimum Gasteiger partial charge on any atom is -0.481 e. The van der Waals surface area contributed by atoms with Gasteiger partial charge in [-0.15, -0.1) is 0 Å². The second-order valence-electron chi connectivity index (χ2n) is 3.84. The molecule has 0 aliphatic carbocycles. The van der Waals surface area contributed by atoms with Gasteiger partial charge in [0.1, 0.15) is 24.4 Å². The second-order valence-corrected chi connectivity index (χ2v) is 3.84. The molecule has 2 N–H and O–H groups in total. The molecule has 0 aliphatic rings. The Kier molecular flexibility index (Phi) is 12.2. The molecule has 0 saturated heterocycles. The number of unbranched alkanes of at least 4 members (excludes halogenated alkanes) is 2. The predicted octanol–water partition coefficient (Wildman–Crippen LogP) is 1.66. The van der Waals surface area contributed by atoms with Crippen LogP contribution < -0.4 is 0 Å². The third-order valence-electron chi connectivity index (χ3n) is 1.81. The Hall–Kier alpha value is -1.72. The van der Waals surface area contributed by atoms with E-state index < -0.39 is 11.9 Å². The molecule has 0 radical (unpaired) electrons. The van der Waals surface area contributed by atoms with E-state index in [2.05, 4.69) is 0 Å². The van der Waals surface area contributed by atoms with E-state index in [1.807, 2.05) is 6.92 Å². The van der Waals surface area contributed by atoms with E-state index in [9.17, 15) is 19.2 Å². The number of Topliss-reactive ketones (excluding diaryl/α,β-unsaturated/α-hetero) is 2. The van der Waals surface area contributed by atoms with Gasteiger partial charge in [-0.25, -0.2) is 0 Å². The third kappa shape index (κ3) is 19.8. The molecule has 0 saturated carbocycles. The van der Waals surface area contributed by atoms with Crippen molar-refractivity contribution < 1.29 is 29.4 Å². The standard InChI is InChI=1S/C8H14O3.C4H6O3/c1-2-3-4-5-7(9)6-8(10)11;1-3(5)2-4(6)7/h2-6H2,1H3,(H,10,11);2H2,1H3,(H,6,7). The Morgan fingerprint density at radius 2 is 1.39 bits per heavy atom. The fourth-order valence-corrected chi connectivity index (χ4v) is 1.04. The molecule has 0 aromatic heterocycles. The molecule has 0 spiro atoms. The van der Waals surface area contributed by atoms with E-state index in [0.29, 0.717) is 6.42 Å². The molecule has 0 aromatic carbocycles. The average Bonchev–Trinajstić information content (AvgIpc) is 2.15. The van der Waals surface area contributed by atoms with Gasteiger partial charge in [-0.1, -0.05) is 19.8 Å². The number of carbonyl (C=O) groups is 4. The molecule has 104 valence electrons. The van der Waals surface area contributed by atoms with Crippen LogP contribution >= 0.6 is 0 Å². The summed E-state index contributed by atoms with van der Waals surface area (Å²) in [5, 5.41) is 16.1. The number of rotatable bonds is 8. The van der Waals surface area contributed by atoms with Crippen LogP contribution in [-0.4, -0.2) is 33.7 Å². The van der Waals surface area contributed by atoms with Crippen molar-refractivity contribution in [2.24, 2.45) is 0 Å². The van der Waals surface area contributed by atoms with E-state index in [0.717, 1.165) is 19.3 Å². The van der Waals surface area contributed by atoms with Crippen molar-refractivity contribution in [3.8, 4) is 0 Å². The molecule has 6 nitrogen and oxygen atoms in total. The molecular weight excluding hydrogens is 240 g/mol. The van der Waals surface area contributed by atoms with Crippen LogP contribution in [0.2, 0.25) is 0 Å². The lowest BCUT2D eigenvalue weighted by atomic mass is 10.1. The Labute approximate surface area is 106 Å². The molecule has 0 bridgehead atoms. The van der Waals surface area contributed by atoms with Gasteiger partial charge < -0.3 is 10.2 Å². The lowest BCUT2D eigenvalue weighted by molar-refractivity contribution is -0.141. The minimum absolute atomic E-state index is 0.161. The van der Waals surface area contributed by atoms with Gasteiger partial charge in [0.15, 0.2) is 0 Å². The van der Waals surface area contributed by atoms with Crippen LogP contribution in [0.1, 0.15) is 52.4 Å². The summed E-state index contributed by atoms with van der Waals surface area (Å²) in [5.74, 6) is -2.56. The Morgan fingerprint density at radius 1 is 0.889 bits per heavy atom. The van der Waals surface area contributed by atoms with Gasteiger partial charge in [0.2, 0.25) is 0 Å². The number of carboxylic acids is 2. The summed E-state index contributed by atoms with van der Waals surface area (Å²) in [7, 11) is 0. The third-order valence-corrected chi connectivity index (χ3v) is 1.81. The minimum atomic E-state index is -1.06. The van der Waals surface area contributed by atoms with Gasteiger partial charge >= 0.3 is 11.9 Å². The summed E-state index contributed by atoms with van der Waals surface area (Å²) in [6.07, 6.45) is 2.62. The quantitative estimate of drug-likeness (QED) is 0.507. The summed E-state index contributed by atoms with van der Waals surface area (Å²) < 4.78 is 0. The zero-order valence-corrected chi connectivity index (χ0v) is 10.8. The number of ketones is 2. The van der Waals surface area contributed by atoms with Crippen LogP contribution in [0.15, 0.2) is 0 Å². The highest BCUT2D eigenvalue weighted by atomic mass is 16.4. The largest absolute Gasteiger partial charge is 0.481 e. The van der Waals surface area contributed by atoms with Gasteiger partial charge in [-0.2, -0.15) is 0 Å². The Morgan fingerprint density at radius 3 is 1.67 bits per heavy atom. The number of carbonyl (C=O) groups excluding carboxylic acids is 2.